The number of halogens is 3. The van der Waals surface area contributed by atoms with Crippen LogP contribution in [0.15, 0.2) is 48.5 Å². The second-order valence-corrected chi connectivity index (χ2v) is 6.13. The molecular formula is C19H21F3N2O. The standard InChI is InChI=1S/C19H21F3N2O/c1-25-18-8-3-2-7-17(18)24-11-9-23(10-12-24)14-15-5-4-6-16(13-15)19(20,21)22/h2-8,13H,9-12,14H2,1H3. The first-order valence-electron chi connectivity index (χ1n) is 8.24. The third-order valence-corrected chi connectivity index (χ3v) is 4.46. The fourth-order valence-electron chi connectivity index (χ4n) is 3.14. The van der Waals surface area contributed by atoms with E-state index in [1.807, 2.05) is 24.3 Å². The topological polar surface area (TPSA) is 15.7 Å². The molecule has 134 valence electrons. The molecule has 6 heteroatoms. The summed E-state index contributed by atoms with van der Waals surface area (Å²) in [5.74, 6) is 0.842. The van der Waals surface area contributed by atoms with E-state index in [-0.39, 0.29) is 0 Å². The van der Waals surface area contributed by atoms with Gasteiger partial charge >= 0.3 is 6.18 Å². The summed E-state index contributed by atoms with van der Waals surface area (Å²) in [5, 5.41) is 0. The fourth-order valence-corrected chi connectivity index (χ4v) is 3.14. The van der Waals surface area contributed by atoms with Gasteiger partial charge in [-0.2, -0.15) is 13.2 Å². The Morgan fingerprint density at radius 3 is 2.36 bits per heavy atom. The van der Waals surface area contributed by atoms with Gasteiger partial charge in [-0.05, 0) is 23.8 Å². The van der Waals surface area contributed by atoms with Crippen LogP contribution < -0.4 is 9.64 Å². The van der Waals surface area contributed by atoms with Crippen LogP contribution in [0.25, 0.3) is 0 Å². The third-order valence-electron chi connectivity index (χ3n) is 4.46. The maximum absolute atomic E-state index is 12.8. The first-order chi connectivity index (χ1) is 12.0. The summed E-state index contributed by atoms with van der Waals surface area (Å²) in [6.45, 7) is 3.77. The van der Waals surface area contributed by atoms with Crippen LogP contribution in [-0.4, -0.2) is 38.2 Å². The number of nitrogens with zero attached hydrogens (tertiary/aromatic N) is 2. The van der Waals surface area contributed by atoms with Gasteiger partial charge in [-0.25, -0.2) is 0 Å². The van der Waals surface area contributed by atoms with Gasteiger partial charge in [0.2, 0.25) is 0 Å². The lowest BCUT2D eigenvalue weighted by atomic mass is 10.1. The first-order valence-corrected chi connectivity index (χ1v) is 8.24. The minimum absolute atomic E-state index is 0.531. The first kappa shape index (κ1) is 17.6. The maximum atomic E-state index is 12.8. The largest absolute Gasteiger partial charge is 0.495 e. The zero-order chi connectivity index (χ0) is 17.9. The van der Waals surface area contributed by atoms with Crippen molar-refractivity contribution >= 4 is 5.69 Å². The Hall–Kier alpha value is -2.21. The van der Waals surface area contributed by atoms with Gasteiger partial charge in [0.05, 0.1) is 18.4 Å². The molecule has 1 heterocycles. The Labute approximate surface area is 145 Å². The second-order valence-electron chi connectivity index (χ2n) is 6.13. The van der Waals surface area contributed by atoms with E-state index in [4.69, 9.17) is 4.74 Å². The van der Waals surface area contributed by atoms with Crippen molar-refractivity contribution in [2.45, 2.75) is 12.7 Å². The molecule has 1 aliphatic rings. The lowest BCUT2D eigenvalue weighted by molar-refractivity contribution is -0.137. The van der Waals surface area contributed by atoms with Gasteiger partial charge in [-0.15, -0.1) is 0 Å². The van der Waals surface area contributed by atoms with Crippen LogP contribution in [0.5, 0.6) is 5.75 Å². The Morgan fingerprint density at radius 1 is 0.960 bits per heavy atom. The lowest BCUT2D eigenvalue weighted by Gasteiger charge is -2.36. The highest BCUT2D eigenvalue weighted by molar-refractivity contribution is 5.58. The molecule has 1 aliphatic heterocycles. The maximum Gasteiger partial charge on any atom is 0.416 e. The number of hydrogen-bond acceptors (Lipinski definition) is 3. The molecule has 0 bridgehead atoms. The van der Waals surface area contributed by atoms with Crippen LogP contribution in [0.3, 0.4) is 0 Å². The predicted molar refractivity (Wildman–Crippen MR) is 91.9 cm³/mol. The molecule has 0 unspecified atom stereocenters. The number of benzene rings is 2. The zero-order valence-electron chi connectivity index (χ0n) is 14.1. The van der Waals surface area contributed by atoms with Crippen molar-refractivity contribution in [1.82, 2.24) is 4.90 Å². The lowest BCUT2D eigenvalue weighted by Crippen LogP contribution is -2.46. The van der Waals surface area contributed by atoms with E-state index in [2.05, 4.69) is 9.80 Å². The molecule has 0 atom stereocenters. The highest BCUT2D eigenvalue weighted by atomic mass is 19.4. The van der Waals surface area contributed by atoms with Gasteiger partial charge in [0.1, 0.15) is 5.75 Å². The average molecular weight is 350 g/mol. The van der Waals surface area contributed by atoms with Gasteiger partial charge in [-0.1, -0.05) is 30.3 Å². The van der Waals surface area contributed by atoms with Crippen molar-refractivity contribution in [3.05, 3.63) is 59.7 Å². The Bertz CT molecular complexity index is 710. The molecule has 1 fully saturated rings. The zero-order valence-corrected chi connectivity index (χ0v) is 14.1. The quantitative estimate of drug-likeness (QED) is 0.828. The molecule has 3 nitrogen and oxygen atoms in total. The molecule has 0 aromatic heterocycles. The predicted octanol–water partition coefficient (Wildman–Crippen LogP) is 4.04. The minimum Gasteiger partial charge on any atom is -0.495 e. The summed E-state index contributed by atoms with van der Waals surface area (Å²) < 4.78 is 43.9. The van der Waals surface area contributed by atoms with Gasteiger partial charge in [0.15, 0.2) is 0 Å². The van der Waals surface area contributed by atoms with E-state index >= 15 is 0 Å². The van der Waals surface area contributed by atoms with E-state index in [1.54, 1.807) is 13.2 Å². The van der Waals surface area contributed by atoms with E-state index in [0.29, 0.717) is 12.1 Å². The molecule has 2 aromatic rings. The highest BCUT2D eigenvalue weighted by Crippen LogP contribution is 2.30. The smallest absolute Gasteiger partial charge is 0.416 e. The van der Waals surface area contributed by atoms with Crippen molar-refractivity contribution in [3.63, 3.8) is 0 Å². The minimum atomic E-state index is -4.29. The molecular weight excluding hydrogens is 329 g/mol. The number of para-hydroxylation sites is 2. The SMILES string of the molecule is COc1ccccc1N1CCN(Cc2cccc(C(F)(F)F)c2)CC1. The molecule has 0 saturated carbocycles. The number of ether oxygens (including phenoxy) is 1. The van der Waals surface area contributed by atoms with Crippen molar-refractivity contribution in [2.24, 2.45) is 0 Å². The van der Waals surface area contributed by atoms with Gasteiger partial charge in [0.25, 0.3) is 0 Å². The molecule has 25 heavy (non-hydrogen) atoms. The highest BCUT2D eigenvalue weighted by Gasteiger charge is 2.30. The van der Waals surface area contributed by atoms with Crippen LogP contribution in [0.1, 0.15) is 11.1 Å². The molecule has 0 aliphatic carbocycles. The van der Waals surface area contributed by atoms with E-state index < -0.39 is 11.7 Å². The van der Waals surface area contributed by atoms with E-state index in [0.717, 1.165) is 43.7 Å². The second kappa shape index (κ2) is 7.35. The van der Waals surface area contributed by atoms with Crippen LogP contribution in [0.4, 0.5) is 18.9 Å². The average Bonchev–Trinajstić information content (AvgIpc) is 2.62. The normalized spacial score (nSPS) is 16.1. The molecule has 2 aromatic carbocycles. The number of hydrogen-bond donors (Lipinski definition) is 0. The number of anilines is 1. The van der Waals surface area contributed by atoms with Crippen LogP contribution in [0, 0.1) is 0 Å². The summed E-state index contributed by atoms with van der Waals surface area (Å²) >= 11 is 0. The Kier molecular flexibility index (Phi) is 5.18. The summed E-state index contributed by atoms with van der Waals surface area (Å²) in [7, 11) is 1.66. The Morgan fingerprint density at radius 2 is 1.68 bits per heavy atom. The van der Waals surface area contributed by atoms with Crippen molar-refractivity contribution in [3.8, 4) is 5.75 Å². The number of methoxy groups -OCH3 is 1. The summed E-state index contributed by atoms with van der Waals surface area (Å²) in [6.07, 6.45) is -4.29. The fraction of sp³-hybridized carbons (Fsp3) is 0.368. The molecule has 1 saturated heterocycles. The van der Waals surface area contributed by atoms with Crippen LogP contribution >= 0.6 is 0 Å². The molecule has 0 N–H and O–H groups in total. The van der Waals surface area contributed by atoms with Crippen molar-refractivity contribution < 1.29 is 17.9 Å². The van der Waals surface area contributed by atoms with E-state index in [1.165, 1.54) is 12.1 Å². The van der Waals surface area contributed by atoms with E-state index in [9.17, 15) is 13.2 Å². The number of rotatable bonds is 4. The summed E-state index contributed by atoms with van der Waals surface area (Å²) in [5.41, 5.74) is 1.17. The molecule has 0 radical (unpaired) electrons. The van der Waals surface area contributed by atoms with Gasteiger partial charge in [-0.3, -0.25) is 4.90 Å². The summed E-state index contributed by atoms with van der Waals surface area (Å²) in [6, 6.07) is 13.5. The van der Waals surface area contributed by atoms with Gasteiger partial charge < -0.3 is 9.64 Å². The van der Waals surface area contributed by atoms with Gasteiger partial charge in [0, 0.05) is 32.7 Å². The molecule has 3 rings (SSSR count). The monoisotopic (exact) mass is 350 g/mol. The van der Waals surface area contributed by atoms with Crippen molar-refractivity contribution in [2.75, 3.05) is 38.2 Å². The van der Waals surface area contributed by atoms with Crippen LogP contribution in [-0.2, 0) is 12.7 Å². The van der Waals surface area contributed by atoms with Crippen LogP contribution in [0.2, 0.25) is 0 Å². The number of alkyl halides is 3. The third kappa shape index (κ3) is 4.25. The molecule has 0 amide bonds. The number of piperazine rings is 1. The Balaban J connectivity index is 1.62. The molecule has 0 spiro atoms. The van der Waals surface area contributed by atoms with Crippen molar-refractivity contribution in [1.29, 1.82) is 0 Å². The summed E-state index contributed by atoms with van der Waals surface area (Å²) in [4.78, 5) is 4.43.